The number of thiophene rings is 1. The first kappa shape index (κ1) is 27.5. The molecule has 0 unspecified atom stereocenters. The molecule has 4 aromatic rings. The van der Waals surface area contributed by atoms with Crippen molar-refractivity contribution < 1.29 is 23.9 Å². The number of amides is 1. The van der Waals surface area contributed by atoms with Crippen LogP contribution in [0.4, 0.5) is 5.00 Å². The number of carbonyl (C=O) groups excluding carboxylic acids is 3. The van der Waals surface area contributed by atoms with E-state index in [2.05, 4.69) is 12.2 Å². The van der Waals surface area contributed by atoms with Gasteiger partial charge in [-0.1, -0.05) is 55.0 Å². The molecule has 0 saturated carbocycles. The van der Waals surface area contributed by atoms with Crippen molar-refractivity contribution in [2.24, 2.45) is 5.92 Å². The van der Waals surface area contributed by atoms with Gasteiger partial charge in [0.1, 0.15) is 5.00 Å². The highest BCUT2D eigenvalue weighted by Gasteiger charge is 2.30. The van der Waals surface area contributed by atoms with Gasteiger partial charge in [0.25, 0.3) is 5.91 Å². The summed E-state index contributed by atoms with van der Waals surface area (Å²) in [6, 6.07) is 16.9. The summed E-state index contributed by atoms with van der Waals surface area (Å²) in [4.78, 5) is 45.3. The van der Waals surface area contributed by atoms with E-state index < -0.39 is 23.9 Å². The molecule has 8 heteroatoms. The van der Waals surface area contributed by atoms with Gasteiger partial charge in [-0.15, -0.1) is 11.3 Å². The van der Waals surface area contributed by atoms with Crippen LogP contribution < -0.4 is 5.32 Å². The van der Waals surface area contributed by atoms with Crippen LogP contribution in [0.5, 0.6) is 0 Å². The Morgan fingerprint density at radius 3 is 2.60 bits per heavy atom. The highest BCUT2D eigenvalue weighted by molar-refractivity contribution is 7.17. The minimum Gasteiger partial charge on any atom is -0.462 e. The average Bonchev–Trinajstić information content (AvgIpc) is 3.29. The standard InChI is InChI=1S/C32H32N2O5S/c1-5-38-32(37)28-23-15-12-19(3)16-27(23)40-30(28)34-29(35)20(4)39-31(36)24-17-26(21-13-10-18(2)11-14-21)33-25-9-7-6-8-22(24)25/h6-11,13-14,17,19-20H,5,12,15-16H2,1-4H3,(H,34,35)/t19-,20+/m1/s1. The van der Waals surface area contributed by atoms with E-state index in [1.807, 2.05) is 55.5 Å². The fourth-order valence-corrected chi connectivity index (χ4v) is 6.37. The molecule has 40 heavy (non-hydrogen) atoms. The molecule has 2 atom stereocenters. The fraction of sp³-hybridized carbons (Fsp3) is 0.312. The second kappa shape index (κ2) is 11.6. The molecule has 1 aliphatic rings. The summed E-state index contributed by atoms with van der Waals surface area (Å²) in [5.41, 5.74) is 4.99. The molecule has 0 aliphatic heterocycles. The van der Waals surface area contributed by atoms with Crippen LogP contribution in [0.1, 0.15) is 63.9 Å². The molecule has 5 rings (SSSR count). The van der Waals surface area contributed by atoms with Gasteiger partial charge in [-0.3, -0.25) is 4.79 Å². The number of carbonyl (C=O) groups is 3. The molecular formula is C32H32N2O5S. The number of aryl methyl sites for hydroxylation is 1. The van der Waals surface area contributed by atoms with Crippen molar-refractivity contribution in [2.45, 2.75) is 53.1 Å². The first-order valence-electron chi connectivity index (χ1n) is 13.6. The molecule has 2 heterocycles. The maximum atomic E-state index is 13.4. The van der Waals surface area contributed by atoms with Crippen molar-refractivity contribution in [3.8, 4) is 11.3 Å². The van der Waals surface area contributed by atoms with Crippen molar-refractivity contribution in [3.05, 3.63) is 81.7 Å². The van der Waals surface area contributed by atoms with Crippen LogP contribution in [0.25, 0.3) is 22.2 Å². The smallest absolute Gasteiger partial charge is 0.341 e. The molecule has 0 fully saturated rings. The minimum atomic E-state index is -1.10. The molecule has 1 aliphatic carbocycles. The lowest BCUT2D eigenvalue weighted by Gasteiger charge is -2.18. The van der Waals surface area contributed by atoms with Crippen LogP contribution in [0, 0.1) is 12.8 Å². The van der Waals surface area contributed by atoms with Crippen molar-refractivity contribution >= 4 is 45.1 Å². The summed E-state index contributed by atoms with van der Waals surface area (Å²) in [6.07, 6.45) is 1.49. The van der Waals surface area contributed by atoms with Crippen LogP contribution in [-0.2, 0) is 27.1 Å². The fourth-order valence-electron chi connectivity index (χ4n) is 4.97. The van der Waals surface area contributed by atoms with E-state index >= 15 is 0 Å². The number of fused-ring (bicyclic) bond motifs is 2. The van der Waals surface area contributed by atoms with Crippen molar-refractivity contribution in [1.82, 2.24) is 4.98 Å². The number of anilines is 1. The van der Waals surface area contributed by atoms with Crippen molar-refractivity contribution in [1.29, 1.82) is 0 Å². The van der Waals surface area contributed by atoms with Gasteiger partial charge in [0.05, 0.1) is 28.9 Å². The van der Waals surface area contributed by atoms with Crippen LogP contribution >= 0.6 is 11.3 Å². The topological polar surface area (TPSA) is 94.6 Å². The number of aromatic nitrogens is 1. The van der Waals surface area contributed by atoms with Crippen molar-refractivity contribution in [3.63, 3.8) is 0 Å². The zero-order chi connectivity index (χ0) is 28.4. The number of benzene rings is 2. The van der Waals surface area contributed by atoms with Gasteiger partial charge in [-0.25, -0.2) is 14.6 Å². The number of nitrogens with zero attached hydrogens (tertiary/aromatic N) is 1. The Morgan fingerprint density at radius 1 is 1.10 bits per heavy atom. The molecule has 2 aromatic carbocycles. The molecule has 206 valence electrons. The van der Waals surface area contributed by atoms with Gasteiger partial charge in [0.2, 0.25) is 0 Å². The van der Waals surface area contributed by atoms with Crippen LogP contribution in [0.2, 0.25) is 0 Å². The van der Waals surface area contributed by atoms with Crippen LogP contribution in [0.15, 0.2) is 54.6 Å². The maximum absolute atomic E-state index is 13.4. The van der Waals surface area contributed by atoms with Crippen LogP contribution in [0.3, 0.4) is 0 Å². The molecule has 2 aromatic heterocycles. The normalized spacial score (nSPS) is 15.2. The summed E-state index contributed by atoms with van der Waals surface area (Å²) in [5.74, 6) is -1.08. The molecule has 0 radical (unpaired) electrons. The summed E-state index contributed by atoms with van der Waals surface area (Å²) in [5, 5.41) is 3.93. The van der Waals surface area contributed by atoms with Crippen molar-refractivity contribution in [2.75, 3.05) is 11.9 Å². The molecule has 1 amide bonds. The van der Waals surface area contributed by atoms with E-state index in [1.165, 1.54) is 18.3 Å². The monoisotopic (exact) mass is 556 g/mol. The highest BCUT2D eigenvalue weighted by Crippen LogP contribution is 2.40. The third-order valence-corrected chi connectivity index (χ3v) is 8.33. The predicted molar refractivity (Wildman–Crippen MR) is 157 cm³/mol. The number of para-hydroxylation sites is 1. The molecule has 0 bridgehead atoms. The van der Waals surface area contributed by atoms with E-state index in [-0.39, 0.29) is 6.61 Å². The van der Waals surface area contributed by atoms with E-state index in [0.29, 0.717) is 38.6 Å². The van der Waals surface area contributed by atoms with Gasteiger partial charge in [-0.05, 0) is 63.6 Å². The van der Waals surface area contributed by atoms with Gasteiger partial charge >= 0.3 is 11.9 Å². The molecule has 0 spiro atoms. The lowest BCUT2D eigenvalue weighted by atomic mass is 9.88. The Bertz CT molecular complexity index is 1590. The summed E-state index contributed by atoms with van der Waals surface area (Å²) < 4.78 is 11.0. The van der Waals surface area contributed by atoms with Gasteiger partial charge in [0, 0.05) is 15.8 Å². The third-order valence-electron chi connectivity index (χ3n) is 7.16. The summed E-state index contributed by atoms with van der Waals surface area (Å²) in [7, 11) is 0. The van der Waals surface area contributed by atoms with E-state index in [1.54, 1.807) is 13.0 Å². The number of hydrogen-bond acceptors (Lipinski definition) is 7. The Balaban J connectivity index is 1.39. The van der Waals surface area contributed by atoms with E-state index in [9.17, 15) is 14.4 Å². The lowest BCUT2D eigenvalue weighted by Crippen LogP contribution is -2.30. The van der Waals surface area contributed by atoms with E-state index in [0.717, 1.165) is 40.8 Å². The Labute approximate surface area is 237 Å². The number of pyridine rings is 1. The largest absolute Gasteiger partial charge is 0.462 e. The maximum Gasteiger partial charge on any atom is 0.341 e. The second-order valence-corrected chi connectivity index (χ2v) is 11.4. The third kappa shape index (κ3) is 5.63. The zero-order valence-corrected chi connectivity index (χ0v) is 23.9. The van der Waals surface area contributed by atoms with Gasteiger partial charge < -0.3 is 14.8 Å². The number of ether oxygens (including phenoxy) is 2. The number of esters is 2. The molecular weight excluding hydrogens is 524 g/mol. The zero-order valence-electron chi connectivity index (χ0n) is 23.1. The summed E-state index contributed by atoms with van der Waals surface area (Å²) in [6.45, 7) is 7.71. The Kier molecular flexibility index (Phi) is 7.98. The Hall–Kier alpha value is -4.04. The first-order chi connectivity index (χ1) is 19.2. The Morgan fingerprint density at radius 2 is 1.85 bits per heavy atom. The predicted octanol–water partition coefficient (Wildman–Crippen LogP) is 6.76. The molecule has 0 saturated heterocycles. The average molecular weight is 557 g/mol. The number of nitrogens with one attached hydrogen (secondary N) is 1. The lowest BCUT2D eigenvalue weighted by molar-refractivity contribution is -0.123. The molecule has 1 N–H and O–H groups in total. The summed E-state index contributed by atoms with van der Waals surface area (Å²) >= 11 is 1.40. The second-order valence-electron chi connectivity index (χ2n) is 10.3. The minimum absolute atomic E-state index is 0.242. The quantitative estimate of drug-likeness (QED) is 0.253. The van der Waals surface area contributed by atoms with Gasteiger partial charge in [0.15, 0.2) is 6.10 Å². The number of rotatable bonds is 7. The van der Waals surface area contributed by atoms with Gasteiger partial charge in [-0.2, -0.15) is 0 Å². The molecule has 7 nitrogen and oxygen atoms in total. The highest BCUT2D eigenvalue weighted by atomic mass is 32.1. The van der Waals surface area contributed by atoms with Crippen LogP contribution in [-0.4, -0.2) is 35.5 Å². The first-order valence-corrected chi connectivity index (χ1v) is 14.4. The van der Waals surface area contributed by atoms with E-state index in [4.69, 9.17) is 14.5 Å². The number of hydrogen-bond donors (Lipinski definition) is 1. The SMILES string of the molecule is CCOC(=O)c1c(NC(=O)[C@H](C)OC(=O)c2cc(-c3ccc(C)cc3)nc3ccccc23)sc2c1CC[C@@H](C)C2.